The first-order valence-electron chi connectivity index (χ1n) is 7.10. The highest BCUT2D eigenvalue weighted by atomic mass is 16.3. The Morgan fingerprint density at radius 3 is 2.65 bits per heavy atom. The Kier molecular flexibility index (Phi) is 5.24. The second-order valence-electron chi connectivity index (χ2n) is 5.04. The van der Waals surface area contributed by atoms with Crippen LogP contribution in [-0.4, -0.2) is 34.6 Å². The number of amides is 2. The minimum Gasteiger partial charge on any atom is -0.504 e. The Hall–Kier alpha value is -2.96. The van der Waals surface area contributed by atoms with Gasteiger partial charge in [0.25, 0.3) is 5.91 Å². The molecule has 0 spiro atoms. The lowest BCUT2D eigenvalue weighted by Gasteiger charge is -2.13. The third-order valence-electron chi connectivity index (χ3n) is 3.24. The van der Waals surface area contributed by atoms with Crippen LogP contribution in [0.1, 0.15) is 23.0 Å². The third kappa shape index (κ3) is 4.50. The molecular formula is C16H18N2O5. The Morgan fingerprint density at radius 1 is 1.22 bits per heavy atom. The highest BCUT2D eigenvalue weighted by Crippen LogP contribution is 2.24. The van der Waals surface area contributed by atoms with Gasteiger partial charge in [-0.3, -0.25) is 9.59 Å². The molecule has 1 aromatic carbocycles. The normalized spacial score (nSPS) is 11.7. The maximum Gasteiger partial charge on any atom is 0.287 e. The second-order valence-corrected chi connectivity index (χ2v) is 5.04. The lowest BCUT2D eigenvalue weighted by atomic mass is 10.1. The predicted molar refractivity (Wildman–Crippen MR) is 82.1 cm³/mol. The quantitative estimate of drug-likeness (QED) is 0.597. The smallest absolute Gasteiger partial charge is 0.287 e. The van der Waals surface area contributed by atoms with Crippen molar-refractivity contribution in [3.63, 3.8) is 0 Å². The summed E-state index contributed by atoms with van der Waals surface area (Å²) < 4.78 is 4.95. The van der Waals surface area contributed by atoms with E-state index in [9.17, 15) is 19.8 Å². The fourth-order valence-electron chi connectivity index (χ4n) is 1.95. The zero-order chi connectivity index (χ0) is 16.8. The van der Waals surface area contributed by atoms with E-state index in [4.69, 9.17) is 4.42 Å². The summed E-state index contributed by atoms with van der Waals surface area (Å²) in [7, 11) is 0. The molecular weight excluding hydrogens is 300 g/mol. The molecule has 4 N–H and O–H groups in total. The summed E-state index contributed by atoms with van der Waals surface area (Å²) in [6, 6.07) is 6.87. The number of nitrogens with one attached hydrogen (secondary N) is 2. The van der Waals surface area contributed by atoms with Crippen molar-refractivity contribution in [1.82, 2.24) is 10.6 Å². The van der Waals surface area contributed by atoms with Crippen molar-refractivity contribution in [3.05, 3.63) is 47.9 Å². The molecule has 0 bridgehead atoms. The number of hydrogen-bond donors (Lipinski definition) is 4. The molecule has 2 rings (SSSR count). The molecule has 7 nitrogen and oxygen atoms in total. The summed E-state index contributed by atoms with van der Waals surface area (Å²) in [5.74, 6) is -1.03. The van der Waals surface area contributed by atoms with E-state index in [2.05, 4.69) is 10.6 Å². The number of phenolic OH excluding ortho intramolecular Hbond substituents is 2. The molecule has 23 heavy (non-hydrogen) atoms. The topological polar surface area (TPSA) is 112 Å². The lowest BCUT2D eigenvalue weighted by Crippen LogP contribution is -2.45. The standard InChI is InChI=1S/C16H18N2O5/c1-10(18-16(22)14-3-2-8-23-14)15(21)17-7-6-11-4-5-12(19)13(20)9-11/h2-5,8-10,19-20H,6-7H2,1H3,(H,17,21)(H,18,22). The number of phenols is 2. The predicted octanol–water partition coefficient (Wildman–Crippen LogP) is 1.17. The van der Waals surface area contributed by atoms with E-state index in [0.717, 1.165) is 5.56 Å². The molecule has 0 aliphatic rings. The third-order valence-corrected chi connectivity index (χ3v) is 3.24. The summed E-state index contributed by atoms with van der Waals surface area (Å²) in [5, 5.41) is 23.8. The molecule has 2 amide bonds. The van der Waals surface area contributed by atoms with Gasteiger partial charge in [0.2, 0.25) is 5.91 Å². The molecule has 1 atom stereocenters. The Balaban J connectivity index is 1.77. The van der Waals surface area contributed by atoms with Crippen molar-refractivity contribution in [2.75, 3.05) is 6.54 Å². The average molecular weight is 318 g/mol. The fourth-order valence-corrected chi connectivity index (χ4v) is 1.95. The molecule has 0 aliphatic carbocycles. The summed E-state index contributed by atoms with van der Waals surface area (Å²) in [6.07, 6.45) is 1.87. The molecule has 0 radical (unpaired) electrons. The van der Waals surface area contributed by atoms with Gasteiger partial charge in [0, 0.05) is 6.54 Å². The van der Waals surface area contributed by atoms with Crippen LogP contribution < -0.4 is 10.6 Å². The molecule has 122 valence electrons. The monoisotopic (exact) mass is 318 g/mol. The number of carbonyl (C=O) groups is 2. The first-order valence-corrected chi connectivity index (χ1v) is 7.10. The Bertz CT molecular complexity index is 682. The minimum absolute atomic E-state index is 0.143. The van der Waals surface area contributed by atoms with Crippen LogP contribution in [0.25, 0.3) is 0 Å². The van der Waals surface area contributed by atoms with Crippen LogP contribution in [0.2, 0.25) is 0 Å². The number of aromatic hydroxyl groups is 2. The minimum atomic E-state index is -0.708. The van der Waals surface area contributed by atoms with E-state index in [1.54, 1.807) is 19.1 Å². The highest BCUT2D eigenvalue weighted by molar-refractivity contribution is 5.95. The zero-order valence-electron chi connectivity index (χ0n) is 12.6. The van der Waals surface area contributed by atoms with E-state index in [-0.39, 0.29) is 23.2 Å². The van der Waals surface area contributed by atoms with Crippen molar-refractivity contribution < 1.29 is 24.2 Å². The van der Waals surface area contributed by atoms with E-state index >= 15 is 0 Å². The maximum absolute atomic E-state index is 11.9. The molecule has 0 fully saturated rings. The number of carbonyl (C=O) groups excluding carboxylic acids is 2. The first kappa shape index (κ1) is 16.4. The van der Waals surface area contributed by atoms with Crippen LogP contribution >= 0.6 is 0 Å². The molecule has 1 heterocycles. The van der Waals surface area contributed by atoms with Crippen molar-refractivity contribution in [2.24, 2.45) is 0 Å². The van der Waals surface area contributed by atoms with Gasteiger partial charge in [-0.05, 0) is 43.2 Å². The second kappa shape index (κ2) is 7.35. The lowest BCUT2D eigenvalue weighted by molar-refractivity contribution is -0.122. The van der Waals surface area contributed by atoms with Gasteiger partial charge in [0.1, 0.15) is 6.04 Å². The zero-order valence-corrected chi connectivity index (χ0v) is 12.6. The summed E-state index contributed by atoms with van der Waals surface area (Å²) in [4.78, 5) is 23.7. The number of furan rings is 1. The first-order chi connectivity index (χ1) is 11.0. The van der Waals surface area contributed by atoms with Gasteiger partial charge in [-0.2, -0.15) is 0 Å². The van der Waals surface area contributed by atoms with E-state index in [1.165, 1.54) is 24.5 Å². The average Bonchev–Trinajstić information content (AvgIpc) is 3.05. The molecule has 7 heteroatoms. The van der Waals surface area contributed by atoms with Crippen molar-refractivity contribution in [2.45, 2.75) is 19.4 Å². The highest BCUT2D eigenvalue weighted by Gasteiger charge is 2.17. The van der Waals surface area contributed by atoms with E-state index in [1.807, 2.05) is 0 Å². The van der Waals surface area contributed by atoms with Crippen molar-refractivity contribution >= 4 is 11.8 Å². The van der Waals surface area contributed by atoms with Gasteiger partial charge >= 0.3 is 0 Å². The number of hydrogen-bond acceptors (Lipinski definition) is 5. The van der Waals surface area contributed by atoms with Gasteiger partial charge < -0.3 is 25.3 Å². The van der Waals surface area contributed by atoms with E-state index < -0.39 is 11.9 Å². The van der Waals surface area contributed by atoms with E-state index in [0.29, 0.717) is 13.0 Å². The van der Waals surface area contributed by atoms with Crippen LogP contribution in [0.5, 0.6) is 11.5 Å². The number of rotatable bonds is 6. The van der Waals surface area contributed by atoms with Crippen LogP contribution in [0.15, 0.2) is 41.0 Å². The Morgan fingerprint density at radius 2 is 2.00 bits per heavy atom. The van der Waals surface area contributed by atoms with Gasteiger partial charge in [0.05, 0.1) is 6.26 Å². The molecule has 0 saturated carbocycles. The SMILES string of the molecule is CC(NC(=O)c1ccco1)C(=O)NCCc1ccc(O)c(O)c1. The summed E-state index contributed by atoms with van der Waals surface area (Å²) >= 11 is 0. The van der Waals surface area contributed by atoms with Crippen LogP contribution in [0, 0.1) is 0 Å². The molecule has 0 saturated heterocycles. The molecule has 2 aromatic rings. The summed E-state index contributed by atoms with van der Waals surface area (Å²) in [6.45, 7) is 1.91. The largest absolute Gasteiger partial charge is 0.504 e. The van der Waals surface area contributed by atoms with Crippen molar-refractivity contribution in [3.8, 4) is 11.5 Å². The van der Waals surface area contributed by atoms with Gasteiger partial charge in [-0.25, -0.2) is 0 Å². The molecule has 0 aliphatic heterocycles. The summed E-state index contributed by atoms with van der Waals surface area (Å²) in [5.41, 5.74) is 0.771. The molecule has 1 unspecified atom stereocenters. The van der Waals surface area contributed by atoms with Gasteiger partial charge in [-0.1, -0.05) is 6.07 Å². The maximum atomic E-state index is 11.9. The van der Waals surface area contributed by atoms with Crippen LogP contribution in [-0.2, 0) is 11.2 Å². The molecule has 1 aromatic heterocycles. The van der Waals surface area contributed by atoms with Gasteiger partial charge in [-0.15, -0.1) is 0 Å². The van der Waals surface area contributed by atoms with Crippen LogP contribution in [0.3, 0.4) is 0 Å². The number of benzene rings is 1. The van der Waals surface area contributed by atoms with Crippen LogP contribution in [0.4, 0.5) is 0 Å². The fraction of sp³-hybridized carbons (Fsp3) is 0.250. The van der Waals surface area contributed by atoms with Crippen molar-refractivity contribution in [1.29, 1.82) is 0 Å². The Labute approximate surface area is 132 Å². The van der Waals surface area contributed by atoms with Gasteiger partial charge in [0.15, 0.2) is 17.3 Å².